The molecule has 1 aliphatic carbocycles. The lowest BCUT2D eigenvalue weighted by Gasteiger charge is -2.43. The molecule has 0 heterocycles. The molecule has 0 radical (unpaired) electrons. The van der Waals surface area contributed by atoms with Gasteiger partial charge >= 0.3 is 27.6 Å². The summed E-state index contributed by atoms with van der Waals surface area (Å²) in [6.45, 7) is 2.69. The Morgan fingerprint density at radius 3 is 1.60 bits per heavy atom. The first-order valence-electron chi connectivity index (χ1n) is 24.2. The van der Waals surface area contributed by atoms with Crippen LogP contribution >= 0.6 is 15.6 Å². The van der Waals surface area contributed by atoms with Crippen LogP contribution in [0.2, 0.25) is 0 Å². The Bertz CT molecular complexity index is 1830. The summed E-state index contributed by atoms with van der Waals surface area (Å²) in [5.74, 6) is -1.37. The first-order chi connectivity index (χ1) is 33.5. The molecule has 1 saturated carbocycles. The van der Waals surface area contributed by atoms with Gasteiger partial charge in [0.25, 0.3) is 0 Å². The highest BCUT2D eigenvalue weighted by Crippen LogP contribution is 2.49. The van der Waals surface area contributed by atoms with E-state index >= 15 is 0 Å². The van der Waals surface area contributed by atoms with Crippen LogP contribution in [0.4, 0.5) is 0 Å². The summed E-state index contributed by atoms with van der Waals surface area (Å²) in [5, 5.41) is 51.1. The van der Waals surface area contributed by atoms with Crippen molar-refractivity contribution >= 4 is 27.6 Å². The van der Waals surface area contributed by atoms with Crippen LogP contribution in [0, 0.1) is 0 Å². The summed E-state index contributed by atoms with van der Waals surface area (Å²) in [6.07, 6.45) is 36.3. The number of carbonyl (C=O) groups excluding carboxylic acids is 2. The van der Waals surface area contributed by atoms with Crippen molar-refractivity contribution in [1.29, 1.82) is 0 Å². The maximum absolute atomic E-state index is 13.0. The quantitative estimate of drug-likeness (QED) is 0.00946. The highest BCUT2D eigenvalue weighted by atomic mass is 31.2. The first kappa shape index (κ1) is 64.4. The van der Waals surface area contributed by atoms with Crippen LogP contribution < -0.4 is 0 Å². The SMILES string of the molecule is CC/C=C\C/C=C\C/C=C\C/C=C\CCCCCCC(=O)OC[C@H](COP(=O)(O)O[C@H]1C(O)C(O)C(O)[C@@H](OP(=O)(O)O)C1O)OC(=O)CC/C=C\C/C=C\C/C=C\C/C=C/C=C/C(O)C/C=C\CC. The number of ether oxygens (including phenoxy) is 2. The lowest BCUT2D eigenvalue weighted by Crippen LogP contribution is -2.64. The molecular formula is C51H80O17P2. The molecule has 9 atom stereocenters. The summed E-state index contributed by atoms with van der Waals surface area (Å²) in [5.41, 5.74) is 0. The molecule has 6 unspecified atom stereocenters. The van der Waals surface area contributed by atoms with Gasteiger partial charge < -0.3 is 49.7 Å². The fourth-order valence-electron chi connectivity index (χ4n) is 6.42. The highest BCUT2D eigenvalue weighted by Gasteiger charge is 2.54. The van der Waals surface area contributed by atoms with Gasteiger partial charge in [0.05, 0.1) is 12.7 Å². The minimum atomic E-state index is -5.39. The number of allylic oxidation sites excluding steroid dienone is 18. The fraction of sp³-hybridized carbons (Fsp3) is 0.569. The van der Waals surface area contributed by atoms with E-state index in [9.17, 15) is 58.9 Å². The Hall–Kier alpha value is -3.64. The van der Waals surface area contributed by atoms with Crippen molar-refractivity contribution in [2.75, 3.05) is 13.2 Å². The predicted molar refractivity (Wildman–Crippen MR) is 270 cm³/mol. The number of phosphoric acid groups is 2. The van der Waals surface area contributed by atoms with Gasteiger partial charge in [-0.25, -0.2) is 9.13 Å². The summed E-state index contributed by atoms with van der Waals surface area (Å²) in [4.78, 5) is 54.3. The van der Waals surface area contributed by atoms with Crippen molar-refractivity contribution in [3.63, 3.8) is 0 Å². The van der Waals surface area contributed by atoms with E-state index in [0.717, 1.165) is 70.6 Å². The zero-order valence-corrected chi connectivity index (χ0v) is 42.5. The van der Waals surface area contributed by atoms with E-state index in [-0.39, 0.29) is 19.3 Å². The molecule has 0 aromatic heterocycles. The van der Waals surface area contributed by atoms with E-state index in [2.05, 4.69) is 60.1 Å². The lowest BCUT2D eigenvalue weighted by atomic mass is 9.85. The molecule has 0 aromatic carbocycles. The minimum Gasteiger partial charge on any atom is -0.462 e. The molecule has 0 amide bonds. The summed E-state index contributed by atoms with van der Waals surface area (Å²) in [7, 11) is -10.7. The molecule has 8 N–H and O–H groups in total. The third kappa shape index (κ3) is 33.9. The predicted octanol–water partition coefficient (Wildman–Crippen LogP) is 8.47. The van der Waals surface area contributed by atoms with Crippen LogP contribution in [0.25, 0.3) is 0 Å². The average Bonchev–Trinajstić information content (AvgIpc) is 3.31. The van der Waals surface area contributed by atoms with E-state index < -0.39 is 89.6 Å². The lowest BCUT2D eigenvalue weighted by molar-refractivity contribution is -0.216. The smallest absolute Gasteiger partial charge is 0.462 e. The summed E-state index contributed by atoms with van der Waals surface area (Å²) in [6, 6.07) is 0. The second-order valence-corrected chi connectivity index (χ2v) is 18.9. The van der Waals surface area contributed by atoms with E-state index in [1.165, 1.54) is 0 Å². The molecule has 0 saturated heterocycles. The fourth-order valence-corrected chi connectivity index (χ4v) is 7.96. The Kier molecular flexibility index (Phi) is 36.7. The molecule has 1 fully saturated rings. The van der Waals surface area contributed by atoms with E-state index in [4.69, 9.17) is 18.5 Å². The largest absolute Gasteiger partial charge is 0.472 e. The van der Waals surface area contributed by atoms with Crippen molar-refractivity contribution in [1.82, 2.24) is 0 Å². The van der Waals surface area contributed by atoms with Gasteiger partial charge in [-0.1, -0.05) is 148 Å². The third-order valence-corrected chi connectivity index (χ3v) is 11.6. The van der Waals surface area contributed by atoms with E-state index in [1.807, 2.05) is 67.7 Å². The van der Waals surface area contributed by atoms with Gasteiger partial charge in [-0.3, -0.25) is 23.2 Å². The van der Waals surface area contributed by atoms with Gasteiger partial charge in [-0.05, 0) is 83.5 Å². The molecule has 1 rings (SSSR count). The minimum absolute atomic E-state index is 0.0610. The van der Waals surface area contributed by atoms with Crippen LogP contribution in [0.5, 0.6) is 0 Å². The maximum Gasteiger partial charge on any atom is 0.472 e. The number of rotatable bonds is 38. The average molecular weight is 1030 g/mol. The molecule has 0 spiro atoms. The number of hydrogen-bond donors (Lipinski definition) is 8. The number of aliphatic hydroxyl groups excluding tert-OH is 5. The van der Waals surface area contributed by atoms with Crippen LogP contribution in [-0.2, 0) is 41.8 Å². The van der Waals surface area contributed by atoms with Crippen LogP contribution in [0.15, 0.2) is 122 Å². The molecule has 70 heavy (non-hydrogen) atoms. The Balaban J connectivity index is 2.68. The topological polar surface area (TPSA) is 276 Å². The standard InChI is InChI=1S/C51H80O17P2/c1-3-5-7-8-9-10-11-12-13-14-15-18-21-24-27-30-34-38-44(53)64-40-43(41-65-70(62,63)68-51-48(57)46(55)47(56)50(49(51)58)67-69(59,60)61)66-45(54)39-35-31-28-25-22-19-16-17-20-23-26-29-33-37-42(52)36-32-6-4-2/h5-7,9-10,12-13,15,17-20,22,26,28-29,31-33,37,42-43,46-52,55-58H,3-4,8,11,14,16,21,23-25,27,30,34-36,38-41H2,1-2H3,(H,62,63)(H2,59,60,61)/b7-5-,10-9-,13-12-,18-15-,20-17-,22-19-,29-26+,31-28-,32-6-,37-33+/t42?,43-,46?,47?,48?,49?,50-,51+/m1/s1. The molecule has 0 bridgehead atoms. The summed E-state index contributed by atoms with van der Waals surface area (Å²) < 4.78 is 49.3. The molecule has 396 valence electrons. The van der Waals surface area contributed by atoms with Gasteiger partial charge in [0, 0.05) is 12.8 Å². The second kappa shape index (κ2) is 39.9. The van der Waals surface area contributed by atoms with Gasteiger partial charge in [-0.15, -0.1) is 0 Å². The number of unbranched alkanes of at least 4 members (excludes halogenated alkanes) is 4. The zero-order valence-electron chi connectivity index (χ0n) is 40.7. The van der Waals surface area contributed by atoms with Crippen LogP contribution in [0.3, 0.4) is 0 Å². The Morgan fingerprint density at radius 1 is 0.529 bits per heavy atom. The van der Waals surface area contributed by atoms with Gasteiger partial charge in [0.1, 0.15) is 43.2 Å². The maximum atomic E-state index is 13.0. The molecule has 0 aromatic rings. The number of hydrogen-bond acceptors (Lipinski definition) is 14. The molecule has 17 nitrogen and oxygen atoms in total. The van der Waals surface area contributed by atoms with Gasteiger partial charge in [0.2, 0.25) is 0 Å². The monoisotopic (exact) mass is 1030 g/mol. The Labute approximate surface area is 414 Å². The number of esters is 2. The van der Waals surface area contributed by atoms with Crippen LogP contribution in [0.1, 0.15) is 123 Å². The van der Waals surface area contributed by atoms with Crippen molar-refractivity contribution in [2.45, 2.75) is 172 Å². The van der Waals surface area contributed by atoms with Crippen molar-refractivity contribution < 1.29 is 82.0 Å². The molecule has 1 aliphatic rings. The first-order valence-corrected chi connectivity index (χ1v) is 27.2. The zero-order chi connectivity index (χ0) is 51.9. The number of carbonyl (C=O) groups is 2. The number of phosphoric ester groups is 2. The van der Waals surface area contributed by atoms with Gasteiger partial charge in [0.15, 0.2) is 6.10 Å². The molecule has 0 aliphatic heterocycles. The van der Waals surface area contributed by atoms with E-state index in [1.54, 1.807) is 12.2 Å². The van der Waals surface area contributed by atoms with Gasteiger partial charge in [-0.2, -0.15) is 0 Å². The molecule has 19 heteroatoms. The highest BCUT2D eigenvalue weighted by molar-refractivity contribution is 7.47. The van der Waals surface area contributed by atoms with Crippen molar-refractivity contribution in [3.8, 4) is 0 Å². The van der Waals surface area contributed by atoms with Crippen LogP contribution in [-0.4, -0.2) is 114 Å². The molecular weight excluding hydrogens is 946 g/mol. The van der Waals surface area contributed by atoms with Crippen molar-refractivity contribution in [3.05, 3.63) is 122 Å². The Morgan fingerprint density at radius 2 is 1.03 bits per heavy atom. The normalized spacial score (nSPS) is 22.5. The van der Waals surface area contributed by atoms with E-state index in [0.29, 0.717) is 19.3 Å². The second-order valence-electron chi connectivity index (χ2n) is 16.3. The third-order valence-electron chi connectivity index (χ3n) is 10.1. The number of aliphatic hydroxyl groups is 5. The summed E-state index contributed by atoms with van der Waals surface area (Å²) >= 11 is 0. The van der Waals surface area contributed by atoms with Crippen molar-refractivity contribution in [2.24, 2.45) is 0 Å².